The number of carbonyl (C=O) groups is 2. The van der Waals surface area contributed by atoms with Crippen LogP contribution in [0.2, 0.25) is 0 Å². The summed E-state index contributed by atoms with van der Waals surface area (Å²) in [5.74, 6) is -0.477. The molecule has 1 aliphatic carbocycles. The molecular weight excluding hydrogens is 266 g/mol. The van der Waals surface area contributed by atoms with Gasteiger partial charge >= 0.3 is 0 Å². The molecule has 5 nitrogen and oxygen atoms in total. The quantitative estimate of drug-likeness (QED) is 0.808. The number of primary amides is 1. The van der Waals surface area contributed by atoms with E-state index in [1.807, 2.05) is 25.1 Å². The molecule has 1 aromatic rings. The zero-order valence-electron chi connectivity index (χ0n) is 12.5. The number of carbonyl (C=O) groups excluding carboxylic acids is 2. The van der Waals surface area contributed by atoms with E-state index in [2.05, 4.69) is 0 Å². The lowest BCUT2D eigenvalue weighted by molar-refractivity contribution is -0.144. The highest BCUT2D eigenvalue weighted by atomic mass is 16.2. The van der Waals surface area contributed by atoms with Crippen LogP contribution in [0, 0.1) is 5.41 Å². The van der Waals surface area contributed by atoms with Gasteiger partial charge in [0.25, 0.3) is 0 Å². The zero-order valence-corrected chi connectivity index (χ0v) is 12.5. The second-order valence-electron chi connectivity index (χ2n) is 6.14. The maximum atomic E-state index is 12.8. The van der Waals surface area contributed by atoms with Crippen molar-refractivity contribution in [2.24, 2.45) is 11.1 Å². The number of amides is 2. The minimum Gasteiger partial charge on any atom is -0.399 e. The second kappa shape index (κ2) is 6.16. The van der Waals surface area contributed by atoms with Crippen molar-refractivity contribution in [1.82, 2.24) is 4.90 Å². The van der Waals surface area contributed by atoms with Gasteiger partial charge in [-0.25, -0.2) is 0 Å². The van der Waals surface area contributed by atoms with E-state index < -0.39 is 5.91 Å². The van der Waals surface area contributed by atoms with Crippen LogP contribution in [0.25, 0.3) is 0 Å². The first-order chi connectivity index (χ1) is 9.90. The highest BCUT2D eigenvalue weighted by Crippen LogP contribution is 2.39. The molecule has 1 saturated carbocycles. The molecular formula is C16H23N3O2. The van der Waals surface area contributed by atoms with E-state index >= 15 is 0 Å². The van der Waals surface area contributed by atoms with Gasteiger partial charge in [-0.1, -0.05) is 31.9 Å². The molecule has 0 radical (unpaired) electrons. The van der Waals surface area contributed by atoms with Crippen molar-refractivity contribution in [1.29, 1.82) is 0 Å². The summed E-state index contributed by atoms with van der Waals surface area (Å²) >= 11 is 0. The van der Waals surface area contributed by atoms with Crippen molar-refractivity contribution in [3.05, 3.63) is 29.8 Å². The van der Waals surface area contributed by atoms with Crippen LogP contribution in [0.3, 0.4) is 0 Å². The fourth-order valence-corrected chi connectivity index (χ4v) is 3.05. The normalized spacial score (nSPS) is 16.6. The molecule has 0 atom stereocenters. The molecule has 0 saturated heterocycles. The van der Waals surface area contributed by atoms with Crippen LogP contribution in [0.15, 0.2) is 24.3 Å². The van der Waals surface area contributed by atoms with Gasteiger partial charge in [-0.3, -0.25) is 9.59 Å². The predicted molar refractivity (Wildman–Crippen MR) is 82.0 cm³/mol. The molecule has 114 valence electrons. The summed E-state index contributed by atoms with van der Waals surface area (Å²) in [7, 11) is 0. The minimum atomic E-state index is -0.492. The zero-order chi connectivity index (χ0) is 15.5. The minimum absolute atomic E-state index is 0.0150. The van der Waals surface area contributed by atoms with E-state index in [-0.39, 0.29) is 17.9 Å². The molecule has 0 bridgehead atoms. The van der Waals surface area contributed by atoms with E-state index in [0.29, 0.717) is 12.2 Å². The van der Waals surface area contributed by atoms with Crippen LogP contribution in [0.1, 0.15) is 38.2 Å². The summed E-state index contributed by atoms with van der Waals surface area (Å²) in [5.41, 5.74) is 12.3. The number of benzene rings is 1. The van der Waals surface area contributed by atoms with Gasteiger partial charge < -0.3 is 16.4 Å². The summed E-state index contributed by atoms with van der Waals surface area (Å²) in [6.45, 7) is 2.29. The first kappa shape index (κ1) is 15.4. The molecule has 1 aromatic carbocycles. The second-order valence-corrected chi connectivity index (χ2v) is 6.14. The fourth-order valence-electron chi connectivity index (χ4n) is 3.05. The average molecular weight is 289 g/mol. The summed E-state index contributed by atoms with van der Waals surface area (Å²) in [5, 5.41) is 0. The molecule has 0 unspecified atom stereocenters. The Hall–Kier alpha value is -2.04. The third-order valence-electron chi connectivity index (χ3n) is 4.18. The van der Waals surface area contributed by atoms with Crippen LogP contribution < -0.4 is 11.5 Å². The largest absolute Gasteiger partial charge is 0.399 e. The molecule has 4 N–H and O–H groups in total. The Morgan fingerprint density at radius 1 is 1.29 bits per heavy atom. The van der Waals surface area contributed by atoms with E-state index in [1.165, 1.54) is 0 Å². The Labute approximate surface area is 125 Å². The van der Waals surface area contributed by atoms with Gasteiger partial charge in [0.1, 0.15) is 0 Å². The van der Waals surface area contributed by atoms with E-state index in [0.717, 1.165) is 31.2 Å². The summed E-state index contributed by atoms with van der Waals surface area (Å²) < 4.78 is 0. The standard InChI is InChI=1S/C16H23N3O2/c1-16(7-2-3-8-16)15(21)19(11-14(18)20)10-12-5-4-6-13(17)9-12/h4-6,9H,2-3,7-8,10-11,17H2,1H3,(H2,18,20). The fraction of sp³-hybridized carbons (Fsp3) is 0.500. The lowest BCUT2D eigenvalue weighted by atomic mass is 9.87. The molecule has 0 spiro atoms. The van der Waals surface area contributed by atoms with Crippen molar-refractivity contribution in [3.8, 4) is 0 Å². The van der Waals surface area contributed by atoms with Crippen LogP contribution in [-0.4, -0.2) is 23.3 Å². The molecule has 0 aliphatic heterocycles. The van der Waals surface area contributed by atoms with Gasteiger partial charge in [-0.2, -0.15) is 0 Å². The molecule has 2 amide bonds. The monoisotopic (exact) mass is 289 g/mol. The summed E-state index contributed by atoms with van der Waals surface area (Å²) in [6, 6.07) is 7.35. The van der Waals surface area contributed by atoms with E-state index in [4.69, 9.17) is 11.5 Å². The van der Waals surface area contributed by atoms with Crippen molar-refractivity contribution < 1.29 is 9.59 Å². The molecule has 0 aromatic heterocycles. The van der Waals surface area contributed by atoms with Crippen molar-refractivity contribution in [2.45, 2.75) is 39.2 Å². The SMILES string of the molecule is CC1(C(=O)N(CC(N)=O)Cc2cccc(N)c2)CCCC1. The van der Waals surface area contributed by atoms with E-state index in [9.17, 15) is 9.59 Å². The maximum Gasteiger partial charge on any atom is 0.237 e. The molecule has 21 heavy (non-hydrogen) atoms. The van der Waals surface area contributed by atoms with Crippen molar-refractivity contribution >= 4 is 17.5 Å². The highest BCUT2D eigenvalue weighted by molar-refractivity contribution is 5.87. The van der Waals surface area contributed by atoms with Gasteiger partial charge in [-0.15, -0.1) is 0 Å². The number of hydrogen-bond donors (Lipinski definition) is 2. The van der Waals surface area contributed by atoms with Gasteiger partial charge in [0.2, 0.25) is 11.8 Å². The number of anilines is 1. The average Bonchev–Trinajstić information content (AvgIpc) is 2.85. The smallest absolute Gasteiger partial charge is 0.237 e. The van der Waals surface area contributed by atoms with Gasteiger partial charge in [0, 0.05) is 17.6 Å². The number of hydrogen-bond acceptors (Lipinski definition) is 3. The van der Waals surface area contributed by atoms with Crippen LogP contribution in [0.4, 0.5) is 5.69 Å². The summed E-state index contributed by atoms with van der Waals surface area (Å²) in [4.78, 5) is 25.6. The number of rotatable bonds is 5. The molecule has 1 fully saturated rings. The predicted octanol–water partition coefficient (Wildman–Crippen LogP) is 1.66. The summed E-state index contributed by atoms with van der Waals surface area (Å²) in [6.07, 6.45) is 3.87. The lowest BCUT2D eigenvalue weighted by Gasteiger charge is -2.31. The first-order valence-electron chi connectivity index (χ1n) is 7.33. The van der Waals surface area contributed by atoms with Crippen LogP contribution in [-0.2, 0) is 16.1 Å². The Morgan fingerprint density at radius 2 is 1.95 bits per heavy atom. The topological polar surface area (TPSA) is 89.4 Å². The number of nitrogen functional groups attached to an aromatic ring is 1. The third-order valence-corrected chi connectivity index (χ3v) is 4.18. The van der Waals surface area contributed by atoms with Crippen molar-refractivity contribution in [3.63, 3.8) is 0 Å². The Kier molecular flexibility index (Phi) is 4.50. The van der Waals surface area contributed by atoms with Gasteiger partial charge in [0.15, 0.2) is 0 Å². The van der Waals surface area contributed by atoms with Crippen LogP contribution in [0.5, 0.6) is 0 Å². The van der Waals surface area contributed by atoms with Crippen molar-refractivity contribution in [2.75, 3.05) is 12.3 Å². The lowest BCUT2D eigenvalue weighted by Crippen LogP contribution is -2.44. The molecule has 2 rings (SSSR count). The molecule has 1 aliphatic rings. The van der Waals surface area contributed by atoms with Gasteiger partial charge in [-0.05, 0) is 30.5 Å². The van der Waals surface area contributed by atoms with E-state index in [1.54, 1.807) is 11.0 Å². The Morgan fingerprint density at radius 3 is 2.52 bits per heavy atom. The molecule has 0 heterocycles. The molecule has 5 heteroatoms. The number of nitrogens with two attached hydrogens (primary N) is 2. The number of nitrogens with zero attached hydrogens (tertiary/aromatic N) is 1. The third kappa shape index (κ3) is 3.74. The van der Waals surface area contributed by atoms with Crippen LogP contribution >= 0.6 is 0 Å². The maximum absolute atomic E-state index is 12.8. The Balaban J connectivity index is 2.17. The first-order valence-corrected chi connectivity index (χ1v) is 7.33. The van der Waals surface area contributed by atoms with Gasteiger partial charge in [0.05, 0.1) is 6.54 Å². The Bertz CT molecular complexity index is 536. The highest BCUT2D eigenvalue weighted by Gasteiger charge is 2.39.